The normalized spacial score (nSPS) is 13.9. The monoisotopic (exact) mass is 264 g/mol. The molecule has 0 saturated heterocycles. The molecule has 0 aromatic heterocycles. The highest BCUT2D eigenvalue weighted by Gasteiger charge is 2.33. The molecule has 0 aliphatic rings. The summed E-state index contributed by atoms with van der Waals surface area (Å²) in [5.74, 6) is -0.818. The summed E-state index contributed by atoms with van der Waals surface area (Å²) in [6, 6.07) is 8.00. The van der Waals surface area contributed by atoms with E-state index >= 15 is 0 Å². The van der Waals surface area contributed by atoms with E-state index in [-0.39, 0.29) is 0 Å². The number of nitrogens with zero attached hydrogens (tertiary/aromatic N) is 1. The third-order valence-electron chi connectivity index (χ3n) is 3.32. The number of para-hydroxylation sites is 1. The van der Waals surface area contributed by atoms with Crippen molar-refractivity contribution in [2.24, 2.45) is 0 Å². The lowest BCUT2D eigenvalue weighted by molar-refractivity contribution is -0.143. The van der Waals surface area contributed by atoms with E-state index in [9.17, 15) is 9.90 Å². The zero-order valence-electron chi connectivity index (χ0n) is 12.2. The van der Waals surface area contributed by atoms with Gasteiger partial charge < -0.3 is 15.3 Å². The molecule has 19 heavy (non-hydrogen) atoms. The number of hydrogen-bond donors (Lipinski definition) is 2. The van der Waals surface area contributed by atoms with Gasteiger partial charge in [0.25, 0.3) is 0 Å². The van der Waals surface area contributed by atoms with Crippen molar-refractivity contribution >= 4 is 11.7 Å². The Morgan fingerprint density at radius 2 is 2.05 bits per heavy atom. The number of nitrogens with one attached hydrogen (secondary N) is 1. The summed E-state index contributed by atoms with van der Waals surface area (Å²) >= 11 is 0. The Morgan fingerprint density at radius 1 is 1.42 bits per heavy atom. The lowest BCUT2D eigenvalue weighted by Crippen LogP contribution is -2.56. The summed E-state index contributed by atoms with van der Waals surface area (Å²) in [6.45, 7) is 6.92. The second-order valence-corrected chi connectivity index (χ2v) is 5.21. The van der Waals surface area contributed by atoms with E-state index in [4.69, 9.17) is 0 Å². The molecule has 1 rings (SSSR count). The van der Waals surface area contributed by atoms with E-state index in [1.165, 1.54) is 0 Å². The van der Waals surface area contributed by atoms with Gasteiger partial charge in [-0.3, -0.25) is 4.79 Å². The van der Waals surface area contributed by atoms with Crippen LogP contribution in [0, 0.1) is 6.92 Å². The highest BCUT2D eigenvalue weighted by Crippen LogP contribution is 2.20. The summed E-state index contributed by atoms with van der Waals surface area (Å²) < 4.78 is 0. The molecule has 4 nitrogen and oxygen atoms in total. The molecule has 2 N–H and O–H groups in total. The van der Waals surface area contributed by atoms with E-state index in [0.717, 1.165) is 17.7 Å². The fourth-order valence-corrected chi connectivity index (χ4v) is 2.15. The van der Waals surface area contributed by atoms with Gasteiger partial charge in [-0.05, 0) is 38.4 Å². The van der Waals surface area contributed by atoms with Gasteiger partial charge in [-0.2, -0.15) is 0 Å². The maximum absolute atomic E-state index is 11.5. The van der Waals surface area contributed by atoms with Crippen molar-refractivity contribution in [3.8, 4) is 0 Å². The summed E-state index contributed by atoms with van der Waals surface area (Å²) in [7, 11) is 1.93. The van der Waals surface area contributed by atoms with Crippen molar-refractivity contribution in [3.63, 3.8) is 0 Å². The Morgan fingerprint density at radius 3 is 2.58 bits per heavy atom. The van der Waals surface area contributed by atoms with Crippen molar-refractivity contribution in [1.29, 1.82) is 0 Å². The van der Waals surface area contributed by atoms with Crippen LogP contribution in [0.15, 0.2) is 24.3 Å². The van der Waals surface area contributed by atoms with Crippen molar-refractivity contribution < 1.29 is 9.90 Å². The zero-order chi connectivity index (χ0) is 14.5. The number of anilines is 1. The Balaban J connectivity index is 2.85. The molecule has 0 aliphatic heterocycles. The van der Waals surface area contributed by atoms with E-state index in [2.05, 4.69) is 5.32 Å². The van der Waals surface area contributed by atoms with Crippen LogP contribution in [0.1, 0.15) is 25.8 Å². The van der Waals surface area contributed by atoms with Gasteiger partial charge >= 0.3 is 5.97 Å². The van der Waals surface area contributed by atoms with E-state index in [1.807, 2.05) is 50.1 Å². The smallest absolute Gasteiger partial charge is 0.325 e. The van der Waals surface area contributed by atoms with Gasteiger partial charge in [0.05, 0.1) is 0 Å². The molecule has 0 fully saturated rings. The molecule has 0 radical (unpaired) electrons. The number of aryl methyl sites for hydroxylation is 1. The number of carboxylic acids is 1. The number of benzene rings is 1. The third kappa shape index (κ3) is 3.96. The van der Waals surface area contributed by atoms with Gasteiger partial charge in [0.15, 0.2) is 0 Å². The number of carbonyl (C=O) groups is 1. The van der Waals surface area contributed by atoms with E-state index in [0.29, 0.717) is 13.1 Å². The largest absolute Gasteiger partial charge is 0.480 e. The first-order valence-electron chi connectivity index (χ1n) is 6.66. The van der Waals surface area contributed by atoms with Gasteiger partial charge in [-0.15, -0.1) is 0 Å². The van der Waals surface area contributed by atoms with Crippen molar-refractivity contribution in [2.75, 3.05) is 25.0 Å². The van der Waals surface area contributed by atoms with Crippen LogP contribution in [0.2, 0.25) is 0 Å². The summed E-state index contributed by atoms with van der Waals surface area (Å²) in [4.78, 5) is 13.5. The van der Waals surface area contributed by atoms with Crippen LogP contribution in [0.4, 0.5) is 5.69 Å². The predicted octanol–water partition coefficient (Wildman–Crippen LogP) is 2.27. The van der Waals surface area contributed by atoms with E-state index < -0.39 is 11.5 Å². The first-order valence-corrected chi connectivity index (χ1v) is 6.66. The van der Waals surface area contributed by atoms with Crippen LogP contribution < -0.4 is 10.2 Å². The molecule has 0 spiro atoms. The van der Waals surface area contributed by atoms with Crippen LogP contribution in [0.3, 0.4) is 0 Å². The average molecular weight is 264 g/mol. The predicted molar refractivity (Wildman–Crippen MR) is 78.8 cm³/mol. The Kier molecular flexibility index (Phi) is 5.36. The van der Waals surface area contributed by atoms with Crippen LogP contribution in [0.5, 0.6) is 0 Å². The van der Waals surface area contributed by atoms with Gasteiger partial charge in [0.2, 0.25) is 0 Å². The van der Waals surface area contributed by atoms with Gasteiger partial charge in [0, 0.05) is 19.3 Å². The highest BCUT2D eigenvalue weighted by molar-refractivity contribution is 5.79. The standard InChI is InChI=1S/C15H24N2O2/c1-5-10-16-15(3,14(18)19)11-17(4)13-9-7-6-8-12(13)2/h6-9,16H,5,10-11H2,1-4H3,(H,18,19). The molecule has 1 aromatic rings. The highest BCUT2D eigenvalue weighted by atomic mass is 16.4. The van der Waals surface area contributed by atoms with Crippen molar-refractivity contribution in [3.05, 3.63) is 29.8 Å². The van der Waals surface area contributed by atoms with E-state index in [1.54, 1.807) is 6.92 Å². The molecule has 1 aromatic carbocycles. The van der Waals surface area contributed by atoms with Crippen molar-refractivity contribution in [1.82, 2.24) is 5.32 Å². The minimum atomic E-state index is -0.937. The number of likely N-dealkylation sites (N-methyl/N-ethyl adjacent to an activating group) is 1. The molecule has 1 unspecified atom stereocenters. The molecular weight excluding hydrogens is 240 g/mol. The zero-order valence-corrected chi connectivity index (χ0v) is 12.2. The minimum absolute atomic E-state index is 0.424. The lowest BCUT2D eigenvalue weighted by atomic mass is 10.0. The molecule has 0 aliphatic carbocycles. The number of aliphatic carboxylic acids is 1. The van der Waals surface area contributed by atoms with Crippen LogP contribution in [0.25, 0.3) is 0 Å². The minimum Gasteiger partial charge on any atom is -0.480 e. The van der Waals surface area contributed by atoms with Crippen LogP contribution in [-0.2, 0) is 4.79 Å². The Labute approximate surface area is 115 Å². The van der Waals surface area contributed by atoms with Gasteiger partial charge in [0.1, 0.15) is 5.54 Å². The number of hydrogen-bond acceptors (Lipinski definition) is 3. The lowest BCUT2D eigenvalue weighted by Gasteiger charge is -2.33. The van der Waals surface area contributed by atoms with Crippen molar-refractivity contribution in [2.45, 2.75) is 32.7 Å². The maximum atomic E-state index is 11.5. The average Bonchev–Trinajstić information content (AvgIpc) is 2.36. The summed E-state index contributed by atoms with van der Waals surface area (Å²) in [5.41, 5.74) is 1.27. The van der Waals surface area contributed by atoms with Crippen LogP contribution in [-0.4, -0.2) is 36.8 Å². The number of rotatable bonds is 7. The van der Waals surface area contributed by atoms with Gasteiger partial charge in [-0.1, -0.05) is 25.1 Å². The molecule has 0 amide bonds. The molecule has 1 atom stereocenters. The fraction of sp³-hybridized carbons (Fsp3) is 0.533. The quantitative estimate of drug-likeness (QED) is 0.793. The summed E-state index contributed by atoms with van der Waals surface area (Å²) in [5, 5.41) is 12.6. The van der Waals surface area contributed by atoms with Gasteiger partial charge in [-0.25, -0.2) is 0 Å². The first kappa shape index (κ1) is 15.5. The fourth-order valence-electron chi connectivity index (χ4n) is 2.15. The Bertz CT molecular complexity index is 434. The first-order chi connectivity index (χ1) is 8.90. The second-order valence-electron chi connectivity index (χ2n) is 5.21. The van der Waals surface area contributed by atoms with Crippen LogP contribution >= 0.6 is 0 Å². The molecule has 0 heterocycles. The third-order valence-corrected chi connectivity index (χ3v) is 3.32. The molecule has 0 saturated carbocycles. The second kappa shape index (κ2) is 6.57. The summed E-state index contributed by atoms with van der Waals surface area (Å²) in [6.07, 6.45) is 0.914. The SMILES string of the molecule is CCCNC(C)(CN(C)c1ccccc1C)C(=O)O. The molecular formula is C15H24N2O2. The Hall–Kier alpha value is -1.55. The molecule has 0 bridgehead atoms. The molecule has 106 valence electrons. The topological polar surface area (TPSA) is 52.6 Å². The maximum Gasteiger partial charge on any atom is 0.325 e. The molecule has 4 heteroatoms. The number of carboxylic acid groups (broad SMARTS) is 1.